The van der Waals surface area contributed by atoms with Gasteiger partial charge >= 0.3 is 0 Å². The molecular formula is C30H37N3O4S. The molecule has 0 aliphatic heterocycles. The van der Waals surface area contributed by atoms with E-state index in [0.717, 1.165) is 39.2 Å². The molecule has 1 atom stereocenters. The first-order valence-corrected chi connectivity index (χ1v) is 14.6. The van der Waals surface area contributed by atoms with Crippen molar-refractivity contribution in [1.82, 2.24) is 10.2 Å². The van der Waals surface area contributed by atoms with Crippen LogP contribution >= 0.6 is 0 Å². The van der Waals surface area contributed by atoms with Crippen LogP contribution in [0.4, 0.5) is 5.69 Å². The molecule has 3 aromatic rings. The average molecular weight is 536 g/mol. The zero-order valence-corrected chi connectivity index (χ0v) is 23.4. The highest BCUT2D eigenvalue weighted by atomic mass is 32.2. The minimum absolute atomic E-state index is 0.168. The molecule has 0 aromatic heterocycles. The summed E-state index contributed by atoms with van der Waals surface area (Å²) in [4.78, 5) is 29.0. The number of carbonyl (C=O) groups excluding carboxylic acids is 2. The number of rotatable bonds is 12. The molecule has 7 nitrogen and oxygen atoms in total. The van der Waals surface area contributed by atoms with E-state index in [1.807, 2.05) is 93.6 Å². The molecule has 0 saturated heterocycles. The Labute approximate surface area is 226 Å². The van der Waals surface area contributed by atoms with Crippen LogP contribution in [0, 0.1) is 13.8 Å². The van der Waals surface area contributed by atoms with Crippen LogP contribution in [0.3, 0.4) is 0 Å². The molecule has 0 spiro atoms. The van der Waals surface area contributed by atoms with E-state index in [2.05, 4.69) is 5.32 Å². The van der Waals surface area contributed by atoms with Gasteiger partial charge in [0.05, 0.1) is 11.9 Å². The summed E-state index contributed by atoms with van der Waals surface area (Å²) in [6.45, 7) is 5.95. The number of benzene rings is 3. The van der Waals surface area contributed by atoms with E-state index in [4.69, 9.17) is 0 Å². The van der Waals surface area contributed by atoms with Gasteiger partial charge in [0.1, 0.15) is 12.6 Å². The fourth-order valence-electron chi connectivity index (χ4n) is 4.38. The van der Waals surface area contributed by atoms with Crippen molar-refractivity contribution in [2.45, 2.75) is 46.2 Å². The minimum Gasteiger partial charge on any atom is -0.354 e. The molecule has 3 aromatic carbocycles. The lowest BCUT2D eigenvalue weighted by atomic mass is 10.0. The third kappa shape index (κ3) is 7.92. The Hall–Kier alpha value is -3.65. The summed E-state index contributed by atoms with van der Waals surface area (Å²) in [6, 6.07) is 23.5. The second-order valence-electron chi connectivity index (χ2n) is 9.56. The number of anilines is 1. The SMILES string of the molecule is CCCNC(=O)[C@@H](Cc1ccccc1)N(Cc1ccccc1)C(=O)CN(c1ccc(C)cc1C)S(C)(=O)=O. The second-order valence-corrected chi connectivity index (χ2v) is 11.5. The third-order valence-electron chi connectivity index (χ3n) is 6.32. The van der Waals surface area contributed by atoms with Gasteiger partial charge in [-0.25, -0.2) is 8.42 Å². The van der Waals surface area contributed by atoms with E-state index >= 15 is 0 Å². The van der Waals surface area contributed by atoms with Crippen LogP contribution in [0.5, 0.6) is 0 Å². The second kappa shape index (κ2) is 13.2. The lowest BCUT2D eigenvalue weighted by Crippen LogP contribution is -2.53. The molecule has 0 saturated carbocycles. The van der Waals surface area contributed by atoms with Crippen molar-refractivity contribution in [3.8, 4) is 0 Å². The van der Waals surface area contributed by atoms with Crippen molar-refractivity contribution >= 4 is 27.5 Å². The molecule has 0 aliphatic carbocycles. The number of amides is 2. The predicted octanol–water partition coefficient (Wildman–Crippen LogP) is 4.24. The van der Waals surface area contributed by atoms with Crippen LogP contribution < -0.4 is 9.62 Å². The molecule has 8 heteroatoms. The molecule has 0 fully saturated rings. The van der Waals surface area contributed by atoms with Crippen LogP contribution in [-0.2, 0) is 32.6 Å². The van der Waals surface area contributed by atoms with E-state index < -0.39 is 28.5 Å². The molecule has 0 unspecified atom stereocenters. The molecular weight excluding hydrogens is 498 g/mol. The van der Waals surface area contributed by atoms with Crippen molar-refractivity contribution < 1.29 is 18.0 Å². The Bertz CT molecular complexity index is 1330. The minimum atomic E-state index is -3.79. The normalized spacial score (nSPS) is 12.0. The van der Waals surface area contributed by atoms with Gasteiger partial charge in [0, 0.05) is 19.5 Å². The Morgan fingerprint density at radius 2 is 1.50 bits per heavy atom. The number of hydrogen-bond donors (Lipinski definition) is 1. The van der Waals surface area contributed by atoms with Gasteiger partial charge in [-0.3, -0.25) is 13.9 Å². The van der Waals surface area contributed by atoms with Crippen molar-refractivity contribution in [2.75, 3.05) is 23.7 Å². The maximum absolute atomic E-state index is 14.0. The largest absolute Gasteiger partial charge is 0.354 e. The summed E-state index contributed by atoms with van der Waals surface area (Å²) in [5, 5.41) is 2.94. The monoisotopic (exact) mass is 535 g/mol. The molecule has 0 heterocycles. The summed E-state index contributed by atoms with van der Waals surface area (Å²) < 4.78 is 26.9. The van der Waals surface area contributed by atoms with Crippen LogP contribution in [0.15, 0.2) is 78.9 Å². The third-order valence-corrected chi connectivity index (χ3v) is 7.44. The summed E-state index contributed by atoms with van der Waals surface area (Å²) in [7, 11) is -3.79. The molecule has 0 aliphatic rings. The maximum Gasteiger partial charge on any atom is 0.244 e. The van der Waals surface area contributed by atoms with Gasteiger partial charge in [-0.2, -0.15) is 0 Å². The van der Waals surface area contributed by atoms with Crippen molar-refractivity contribution in [3.05, 3.63) is 101 Å². The Morgan fingerprint density at radius 1 is 0.895 bits per heavy atom. The smallest absolute Gasteiger partial charge is 0.244 e. The topological polar surface area (TPSA) is 86.8 Å². The summed E-state index contributed by atoms with van der Waals surface area (Å²) in [6.07, 6.45) is 2.15. The summed E-state index contributed by atoms with van der Waals surface area (Å²) >= 11 is 0. The van der Waals surface area contributed by atoms with Crippen molar-refractivity contribution in [1.29, 1.82) is 0 Å². The van der Waals surface area contributed by atoms with Crippen LogP contribution in [0.25, 0.3) is 0 Å². The first kappa shape index (κ1) is 28.9. The molecule has 0 bridgehead atoms. The van der Waals surface area contributed by atoms with Gasteiger partial charge in [0.2, 0.25) is 21.8 Å². The fraction of sp³-hybridized carbons (Fsp3) is 0.333. The number of carbonyl (C=O) groups is 2. The first-order valence-electron chi connectivity index (χ1n) is 12.8. The maximum atomic E-state index is 14.0. The van der Waals surface area contributed by atoms with Gasteiger partial charge in [0.15, 0.2) is 0 Å². The number of nitrogens with zero attached hydrogens (tertiary/aromatic N) is 2. The first-order chi connectivity index (χ1) is 18.1. The summed E-state index contributed by atoms with van der Waals surface area (Å²) in [5.41, 5.74) is 3.94. The van der Waals surface area contributed by atoms with E-state index in [1.54, 1.807) is 6.07 Å². The lowest BCUT2D eigenvalue weighted by Gasteiger charge is -2.33. The number of hydrogen-bond acceptors (Lipinski definition) is 4. The van der Waals surface area contributed by atoms with E-state index in [0.29, 0.717) is 18.7 Å². The molecule has 0 radical (unpaired) electrons. The zero-order chi connectivity index (χ0) is 27.7. The average Bonchev–Trinajstić information content (AvgIpc) is 2.88. The summed E-state index contributed by atoms with van der Waals surface area (Å²) in [5.74, 6) is -0.718. The van der Waals surface area contributed by atoms with E-state index in [9.17, 15) is 18.0 Å². The van der Waals surface area contributed by atoms with Crippen molar-refractivity contribution in [3.63, 3.8) is 0 Å². The van der Waals surface area contributed by atoms with E-state index in [-0.39, 0.29) is 12.5 Å². The predicted molar refractivity (Wildman–Crippen MR) is 152 cm³/mol. The fourth-order valence-corrected chi connectivity index (χ4v) is 5.29. The highest BCUT2D eigenvalue weighted by Crippen LogP contribution is 2.24. The van der Waals surface area contributed by atoms with Gasteiger partial charge in [-0.1, -0.05) is 85.3 Å². The van der Waals surface area contributed by atoms with Crippen molar-refractivity contribution in [2.24, 2.45) is 0 Å². The highest BCUT2D eigenvalue weighted by molar-refractivity contribution is 7.92. The quantitative estimate of drug-likeness (QED) is 0.376. The lowest BCUT2D eigenvalue weighted by molar-refractivity contribution is -0.140. The van der Waals surface area contributed by atoms with Gasteiger partial charge in [-0.15, -0.1) is 0 Å². The Balaban J connectivity index is 2.04. The zero-order valence-electron chi connectivity index (χ0n) is 22.6. The molecule has 3 rings (SSSR count). The van der Waals surface area contributed by atoms with Crippen LogP contribution in [-0.4, -0.2) is 50.5 Å². The van der Waals surface area contributed by atoms with Gasteiger partial charge in [-0.05, 0) is 43.0 Å². The molecule has 1 N–H and O–H groups in total. The van der Waals surface area contributed by atoms with Gasteiger partial charge < -0.3 is 10.2 Å². The Morgan fingerprint density at radius 3 is 2.05 bits per heavy atom. The molecule has 38 heavy (non-hydrogen) atoms. The molecule has 202 valence electrons. The van der Waals surface area contributed by atoms with Crippen LogP contribution in [0.2, 0.25) is 0 Å². The van der Waals surface area contributed by atoms with E-state index in [1.165, 1.54) is 4.90 Å². The number of aryl methyl sites for hydroxylation is 2. The van der Waals surface area contributed by atoms with Crippen LogP contribution in [0.1, 0.15) is 35.6 Å². The number of nitrogens with one attached hydrogen (secondary N) is 1. The number of sulfonamides is 1. The Kier molecular flexibility index (Phi) is 10.1. The highest BCUT2D eigenvalue weighted by Gasteiger charge is 2.33. The van der Waals surface area contributed by atoms with Gasteiger partial charge in [0.25, 0.3) is 0 Å². The standard InChI is InChI=1S/C30H37N3O4S/c1-5-18-31-30(35)28(20-25-12-8-6-9-13-25)32(21-26-14-10-7-11-15-26)29(34)22-33(38(4,36)37)27-17-16-23(2)19-24(27)3/h6-17,19,28H,5,18,20-22H2,1-4H3,(H,31,35)/t28-/m1/s1. The molecule has 2 amide bonds.